The van der Waals surface area contributed by atoms with E-state index in [0.29, 0.717) is 45.3 Å². The summed E-state index contributed by atoms with van der Waals surface area (Å²) >= 11 is 0. The zero-order valence-corrected chi connectivity index (χ0v) is 24.1. The molecule has 4 amide bonds. The lowest BCUT2D eigenvalue weighted by molar-refractivity contribution is -0.445. The number of carbonyl (C=O) groups is 4. The Labute approximate surface area is 243 Å². The fourth-order valence-electron chi connectivity index (χ4n) is 5.00. The topological polar surface area (TPSA) is 107 Å². The van der Waals surface area contributed by atoms with E-state index in [2.05, 4.69) is 13.8 Å². The minimum absolute atomic E-state index is 0.275. The van der Waals surface area contributed by atoms with Crippen molar-refractivity contribution in [2.45, 2.75) is 33.1 Å². The minimum Gasteiger partial charge on any atom is -0.457 e. The number of benzene rings is 4. The maximum atomic E-state index is 12.3. The Morgan fingerprint density at radius 3 is 1.48 bits per heavy atom. The van der Waals surface area contributed by atoms with Crippen molar-refractivity contribution >= 4 is 23.6 Å². The van der Waals surface area contributed by atoms with Crippen LogP contribution in [0.3, 0.4) is 0 Å². The third kappa shape index (κ3) is 5.08. The van der Waals surface area contributed by atoms with Crippen molar-refractivity contribution in [1.82, 2.24) is 4.90 Å². The number of nitrogens with zero attached hydrogens (tertiary/aromatic N) is 1. The van der Waals surface area contributed by atoms with Crippen LogP contribution in [0, 0.1) is 0 Å². The Bertz CT molecular complexity index is 1720. The number of ether oxygens (including phenoxy) is 2. The number of fused-ring (bicyclic) bond motifs is 2. The van der Waals surface area contributed by atoms with E-state index in [-0.39, 0.29) is 29.0 Å². The first kappa shape index (κ1) is 28.4. The van der Waals surface area contributed by atoms with Crippen LogP contribution in [0.5, 0.6) is 23.0 Å². The van der Waals surface area contributed by atoms with Crippen molar-refractivity contribution in [2.75, 3.05) is 7.05 Å². The number of imide groups is 2. The largest absolute Gasteiger partial charge is 0.457 e. The second kappa shape index (κ2) is 11.1. The lowest BCUT2D eigenvalue weighted by atomic mass is 9.78. The summed E-state index contributed by atoms with van der Waals surface area (Å²) in [5.41, 5.74) is 3.31. The molecule has 0 aromatic heterocycles. The molecule has 4 aromatic rings. The molecule has 0 unspecified atom stereocenters. The highest BCUT2D eigenvalue weighted by Gasteiger charge is 2.34. The van der Waals surface area contributed by atoms with E-state index in [0.717, 1.165) is 21.3 Å². The van der Waals surface area contributed by atoms with Gasteiger partial charge >= 0.3 is 11.8 Å². The average Bonchev–Trinajstić information content (AvgIpc) is 3.40. The van der Waals surface area contributed by atoms with Gasteiger partial charge < -0.3 is 9.47 Å². The summed E-state index contributed by atoms with van der Waals surface area (Å²) in [5, 5.41) is 1.10. The van der Waals surface area contributed by atoms with Gasteiger partial charge in [0.1, 0.15) is 28.6 Å². The zero-order valence-electron chi connectivity index (χ0n) is 24.1. The van der Waals surface area contributed by atoms with E-state index in [4.69, 9.17) is 9.47 Å². The van der Waals surface area contributed by atoms with Crippen molar-refractivity contribution < 1.29 is 34.0 Å². The maximum absolute atomic E-state index is 12.3. The molecular weight excluding hydrogens is 532 g/mol. The summed E-state index contributed by atoms with van der Waals surface area (Å²) in [6.07, 6.45) is 0. The molecule has 2 aliphatic rings. The van der Waals surface area contributed by atoms with E-state index in [1.165, 1.54) is 7.05 Å². The number of carbonyl (C=O) groups excluding carboxylic acids is 4. The van der Waals surface area contributed by atoms with E-state index in [1.54, 1.807) is 36.4 Å². The van der Waals surface area contributed by atoms with Crippen LogP contribution in [0.4, 0.5) is 0 Å². The first-order valence-electron chi connectivity index (χ1n) is 13.7. The summed E-state index contributed by atoms with van der Waals surface area (Å²) < 4.78 is 11.9. The van der Waals surface area contributed by atoms with Gasteiger partial charge in [0.05, 0.1) is 16.7 Å². The molecule has 4 aromatic carbocycles. The molecule has 212 valence electrons. The predicted octanol–water partition coefficient (Wildman–Crippen LogP) is 5.71. The van der Waals surface area contributed by atoms with E-state index in [9.17, 15) is 19.2 Å². The van der Waals surface area contributed by atoms with Crippen LogP contribution in [-0.2, 0) is 5.41 Å². The molecule has 0 saturated heterocycles. The summed E-state index contributed by atoms with van der Waals surface area (Å²) in [6, 6.07) is 25.3. The molecule has 8 heteroatoms. The molecule has 2 aliphatic heterocycles. The Kier molecular flexibility index (Phi) is 7.49. The SMILES string of the molecule is CC.CN1C(=O)c2ccc(Oc3ccc(C(C)(C)c4ccc(Oc5ccc6c(c5)C(=O)[NH2+]C6=O)cc4)cc3)cc2C1=O. The molecule has 0 aliphatic carbocycles. The average molecular weight is 564 g/mol. The number of primary amides is 2. The van der Waals surface area contributed by atoms with Crippen LogP contribution in [-0.4, -0.2) is 35.6 Å². The molecule has 2 heterocycles. The van der Waals surface area contributed by atoms with Gasteiger partial charge in [-0.05, 0) is 71.8 Å². The monoisotopic (exact) mass is 563 g/mol. The molecule has 2 N–H and O–H groups in total. The molecule has 0 spiro atoms. The van der Waals surface area contributed by atoms with Gasteiger partial charge in [-0.25, -0.2) is 14.9 Å². The Morgan fingerprint density at radius 1 is 0.548 bits per heavy atom. The van der Waals surface area contributed by atoms with Gasteiger partial charge in [0, 0.05) is 12.5 Å². The number of hydrogen-bond donors (Lipinski definition) is 1. The number of quaternary nitrogens is 1. The highest BCUT2D eigenvalue weighted by molar-refractivity contribution is 6.21. The highest BCUT2D eigenvalue weighted by atomic mass is 16.5. The van der Waals surface area contributed by atoms with Gasteiger partial charge in [-0.2, -0.15) is 0 Å². The van der Waals surface area contributed by atoms with Crippen molar-refractivity contribution in [3.8, 4) is 23.0 Å². The third-order valence-corrected chi connectivity index (χ3v) is 7.47. The van der Waals surface area contributed by atoms with E-state index >= 15 is 0 Å². The molecule has 0 saturated carbocycles. The molecule has 0 fully saturated rings. The van der Waals surface area contributed by atoms with Gasteiger partial charge in [0.15, 0.2) is 0 Å². The standard InChI is InChI=1S/C32H24N2O6.C2H6/c1-32(2,18-4-8-20(9-5-18)39-22-12-14-24-26(16-22)29(36)33-28(24)35)19-6-10-21(11-7-19)40-23-13-15-25-27(17-23)31(38)34(3)30(25)37;1-2/h4-17H,1-3H3,(H,33,35,36);1-2H3/p+1. The normalized spacial score (nSPS) is 13.9. The van der Waals surface area contributed by atoms with Gasteiger partial charge in [-0.3, -0.25) is 14.5 Å². The van der Waals surface area contributed by atoms with Crippen LogP contribution in [0.1, 0.15) is 80.3 Å². The highest BCUT2D eigenvalue weighted by Crippen LogP contribution is 2.35. The molecule has 0 radical (unpaired) electrons. The Balaban J connectivity index is 0.00000173. The quantitative estimate of drug-likeness (QED) is 0.302. The van der Waals surface area contributed by atoms with Crippen molar-refractivity contribution in [3.63, 3.8) is 0 Å². The Morgan fingerprint density at radius 2 is 0.952 bits per heavy atom. The number of rotatable bonds is 6. The zero-order chi connectivity index (χ0) is 30.2. The fourth-order valence-corrected chi connectivity index (χ4v) is 5.00. The van der Waals surface area contributed by atoms with Gasteiger partial charge in [-0.15, -0.1) is 0 Å². The summed E-state index contributed by atoms with van der Waals surface area (Å²) in [7, 11) is 1.46. The second-order valence-corrected chi connectivity index (χ2v) is 10.3. The molecule has 0 atom stereocenters. The van der Waals surface area contributed by atoms with Crippen LogP contribution >= 0.6 is 0 Å². The Hall–Kier alpha value is -5.08. The number of amides is 4. The van der Waals surface area contributed by atoms with Gasteiger partial charge in [0.25, 0.3) is 11.8 Å². The molecule has 0 bridgehead atoms. The second-order valence-electron chi connectivity index (χ2n) is 10.3. The fraction of sp³-hybridized carbons (Fsp3) is 0.176. The van der Waals surface area contributed by atoms with Crippen LogP contribution in [0.15, 0.2) is 84.9 Å². The molecule has 6 rings (SSSR count). The van der Waals surface area contributed by atoms with Gasteiger partial charge in [0.2, 0.25) is 0 Å². The molecule has 42 heavy (non-hydrogen) atoms. The van der Waals surface area contributed by atoms with E-state index < -0.39 is 0 Å². The number of nitrogens with two attached hydrogens (primary N) is 1. The lowest BCUT2D eigenvalue weighted by Gasteiger charge is -2.26. The van der Waals surface area contributed by atoms with Crippen molar-refractivity contribution in [3.05, 3.63) is 118 Å². The van der Waals surface area contributed by atoms with Crippen LogP contribution < -0.4 is 14.8 Å². The predicted molar refractivity (Wildman–Crippen MR) is 156 cm³/mol. The first-order chi connectivity index (χ1) is 20.1. The molecular formula is C34H31N2O6+. The number of hydrogen-bond acceptors (Lipinski definition) is 6. The van der Waals surface area contributed by atoms with Crippen LogP contribution in [0.2, 0.25) is 0 Å². The smallest absolute Gasteiger partial charge is 0.351 e. The van der Waals surface area contributed by atoms with Crippen molar-refractivity contribution in [1.29, 1.82) is 0 Å². The van der Waals surface area contributed by atoms with Crippen LogP contribution in [0.25, 0.3) is 0 Å². The van der Waals surface area contributed by atoms with E-state index in [1.807, 2.05) is 62.4 Å². The minimum atomic E-state index is -0.337. The first-order valence-corrected chi connectivity index (χ1v) is 13.7. The summed E-state index contributed by atoms with van der Waals surface area (Å²) in [5.74, 6) is 0.976. The summed E-state index contributed by atoms with van der Waals surface area (Å²) in [4.78, 5) is 49.3. The van der Waals surface area contributed by atoms with Gasteiger partial charge in [-0.1, -0.05) is 52.0 Å². The van der Waals surface area contributed by atoms with Crippen molar-refractivity contribution in [2.24, 2.45) is 0 Å². The lowest BCUT2D eigenvalue weighted by Crippen LogP contribution is -2.88. The third-order valence-electron chi connectivity index (χ3n) is 7.47. The summed E-state index contributed by atoms with van der Waals surface area (Å²) in [6.45, 7) is 8.25. The molecule has 8 nitrogen and oxygen atoms in total. The maximum Gasteiger partial charge on any atom is 0.351 e.